The molecule has 0 aromatic carbocycles. The highest BCUT2D eigenvalue weighted by Crippen LogP contribution is 2.35. The standard InChI is InChI=1S/C37H61O8P/c1-3-5-7-9-11-13-15-17-18-20-22-24-26-28-30-32-37(39)45-35(34-44-46(40,41)42)33-43-36(38)31-29-27-25-23-21-19-16-14-12-10-8-6-4-2/h5,7,11,13-14,16-18,22,24,28,30,35H,3-4,6,8-10,12,15,19-21,23,25-27,29,31-34H2,1-2H3,(H2,40,41,42)/b7-5-,13-11-,16-14-,18-17-,24-22-,30-28-. The Bertz CT molecular complexity index is 974. The van der Waals surface area contributed by atoms with Crippen molar-refractivity contribution in [3.8, 4) is 0 Å². The number of hydrogen-bond donors (Lipinski definition) is 2. The molecule has 9 heteroatoms. The highest BCUT2D eigenvalue weighted by Gasteiger charge is 2.22. The van der Waals surface area contributed by atoms with Crippen LogP contribution in [0.5, 0.6) is 0 Å². The number of phosphoric ester groups is 1. The second-order valence-electron chi connectivity index (χ2n) is 11.1. The number of rotatable bonds is 30. The van der Waals surface area contributed by atoms with Crippen LogP contribution < -0.4 is 0 Å². The van der Waals surface area contributed by atoms with Crippen molar-refractivity contribution in [1.82, 2.24) is 0 Å². The predicted octanol–water partition coefficient (Wildman–Crippen LogP) is 9.95. The molecule has 0 amide bonds. The summed E-state index contributed by atoms with van der Waals surface area (Å²) in [5, 5.41) is 0. The van der Waals surface area contributed by atoms with Crippen molar-refractivity contribution in [1.29, 1.82) is 0 Å². The van der Waals surface area contributed by atoms with Crippen LogP contribution in [0.4, 0.5) is 0 Å². The minimum atomic E-state index is -4.78. The molecular weight excluding hydrogens is 603 g/mol. The zero-order valence-corrected chi connectivity index (χ0v) is 29.3. The van der Waals surface area contributed by atoms with E-state index in [2.05, 4.69) is 67.0 Å². The summed E-state index contributed by atoms with van der Waals surface area (Å²) in [6.07, 6.45) is 40.8. The number of phosphoric acid groups is 1. The highest BCUT2D eigenvalue weighted by atomic mass is 31.2. The number of carbonyl (C=O) groups excluding carboxylic acids is 2. The number of hydrogen-bond acceptors (Lipinski definition) is 6. The third kappa shape index (κ3) is 34.4. The molecule has 0 rings (SSSR count). The molecule has 0 aromatic rings. The molecule has 0 radical (unpaired) electrons. The average molecular weight is 665 g/mol. The fourth-order valence-corrected chi connectivity index (χ4v) is 4.57. The maximum atomic E-state index is 12.3. The van der Waals surface area contributed by atoms with Gasteiger partial charge in [0.05, 0.1) is 13.0 Å². The fourth-order valence-electron chi connectivity index (χ4n) is 4.21. The zero-order chi connectivity index (χ0) is 34.0. The third-order valence-corrected chi connectivity index (χ3v) is 7.23. The van der Waals surface area contributed by atoms with Crippen molar-refractivity contribution < 1.29 is 37.9 Å². The van der Waals surface area contributed by atoms with Gasteiger partial charge in [-0.05, 0) is 64.2 Å². The van der Waals surface area contributed by atoms with Crippen LogP contribution in [0.1, 0.15) is 129 Å². The van der Waals surface area contributed by atoms with E-state index < -0.39 is 32.5 Å². The maximum absolute atomic E-state index is 12.3. The van der Waals surface area contributed by atoms with E-state index >= 15 is 0 Å². The van der Waals surface area contributed by atoms with E-state index in [0.717, 1.165) is 64.2 Å². The third-order valence-electron chi connectivity index (χ3n) is 6.74. The summed E-state index contributed by atoms with van der Waals surface area (Å²) in [7, 11) is -4.78. The summed E-state index contributed by atoms with van der Waals surface area (Å²) in [6, 6.07) is 0. The Morgan fingerprint density at radius 1 is 0.609 bits per heavy atom. The molecule has 0 saturated carbocycles. The van der Waals surface area contributed by atoms with Crippen LogP contribution in [-0.4, -0.2) is 41.0 Å². The van der Waals surface area contributed by atoms with Gasteiger partial charge in [0.1, 0.15) is 6.61 Å². The van der Waals surface area contributed by atoms with Gasteiger partial charge in [0.25, 0.3) is 0 Å². The molecule has 0 aliphatic heterocycles. The van der Waals surface area contributed by atoms with Crippen molar-refractivity contribution >= 4 is 19.8 Å². The van der Waals surface area contributed by atoms with Gasteiger partial charge < -0.3 is 19.3 Å². The molecule has 0 aliphatic rings. The molecule has 0 bridgehead atoms. The lowest BCUT2D eigenvalue weighted by Gasteiger charge is -2.18. The quantitative estimate of drug-likeness (QED) is 0.0337. The lowest BCUT2D eigenvalue weighted by atomic mass is 10.1. The van der Waals surface area contributed by atoms with E-state index in [-0.39, 0.29) is 19.4 Å². The summed E-state index contributed by atoms with van der Waals surface area (Å²) in [5.74, 6) is -1.05. The molecule has 1 atom stereocenters. The van der Waals surface area contributed by atoms with E-state index in [1.807, 2.05) is 18.2 Å². The van der Waals surface area contributed by atoms with Gasteiger partial charge in [-0.3, -0.25) is 14.1 Å². The van der Waals surface area contributed by atoms with Crippen molar-refractivity contribution in [2.45, 2.75) is 136 Å². The Kier molecular flexibility index (Phi) is 30.7. The predicted molar refractivity (Wildman–Crippen MR) is 188 cm³/mol. The summed E-state index contributed by atoms with van der Waals surface area (Å²) < 4.78 is 26.1. The van der Waals surface area contributed by atoms with E-state index in [4.69, 9.17) is 19.3 Å². The van der Waals surface area contributed by atoms with Gasteiger partial charge >= 0.3 is 19.8 Å². The van der Waals surface area contributed by atoms with Crippen LogP contribution in [0, 0.1) is 0 Å². The van der Waals surface area contributed by atoms with Crippen LogP contribution in [0.2, 0.25) is 0 Å². The Morgan fingerprint density at radius 3 is 1.65 bits per heavy atom. The Labute approximate surface area is 279 Å². The van der Waals surface area contributed by atoms with Crippen LogP contribution in [0.3, 0.4) is 0 Å². The fraction of sp³-hybridized carbons (Fsp3) is 0.622. The van der Waals surface area contributed by atoms with Crippen LogP contribution in [0.25, 0.3) is 0 Å². The summed E-state index contributed by atoms with van der Waals surface area (Å²) in [5.41, 5.74) is 0. The molecule has 0 aliphatic carbocycles. The van der Waals surface area contributed by atoms with Crippen molar-refractivity contribution in [2.75, 3.05) is 13.2 Å². The first kappa shape index (κ1) is 43.5. The van der Waals surface area contributed by atoms with Crippen LogP contribution in [-0.2, 0) is 28.2 Å². The first-order valence-electron chi connectivity index (χ1n) is 17.2. The number of esters is 2. The Balaban J connectivity index is 4.20. The molecule has 2 N–H and O–H groups in total. The lowest BCUT2D eigenvalue weighted by molar-refractivity contribution is -0.160. The first-order chi connectivity index (χ1) is 22.3. The molecule has 8 nitrogen and oxygen atoms in total. The lowest BCUT2D eigenvalue weighted by Crippen LogP contribution is -2.29. The van der Waals surface area contributed by atoms with Gasteiger partial charge in [-0.2, -0.15) is 0 Å². The largest absolute Gasteiger partial charge is 0.469 e. The summed E-state index contributed by atoms with van der Waals surface area (Å²) in [4.78, 5) is 42.5. The van der Waals surface area contributed by atoms with Gasteiger partial charge in [0, 0.05) is 6.42 Å². The van der Waals surface area contributed by atoms with E-state index in [1.165, 1.54) is 25.7 Å². The van der Waals surface area contributed by atoms with Gasteiger partial charge in [0.15, 0.2) is 6.10 Å². The smallest absolute Gasteiger partial charge is 0.462 e. The molecule has 1 unspecified atom stereocenters. The number of carbonyl (C=O) groups is 2. The van der Waals surface area contributed by atoms with Crippen molar-refractivity contribution in [3.05, 3.63) is 72.9 Å². The van der Waals surface area contributed by atoms with E-state index in [1.54, 1.807) is 6.08 Å². The Hall–Kier alpha value is -2.51. The average Bonchev–Trinajstić information content (AvgIpc) is 3.02. The number of unbranched alkanes of at least 4 members (excludes halogenated alkanes) is 9. The molecule has 46 heavy (non-hydrogen) atoms. The van der Waals surface area contributed by atoms with Gasteiger partial charge in [-0.25, -0.2) is 4.57 Å². The molecule has 0 saturated heterocycles. The molecule has 0 aromatic heterocycles. The van der Waals surface area contributed by atoms with Gasteiger partial charge in [-0.1, -0.05) is 125 Å². The topological polar surface area (TPSA) is 119 Å². The Morgan fingerprint density at radius 2 is 1.11 bits per heavy atom. The van der Waals surface area contributed by atoms with Crippen LogP contribution >= 0.6 is 7.82 Å². The molecule has 0 fully saturated rings. The van der Waals surface area contributed by atoms with Crippen LogP contribution in [0.15, 0.2) is 72.9 Å². The minimum Gasteiger partial charge on any atom is -0.462 e. The SMILES string of the molecule is CC/C=C\C/C=C\C/C=C\C/C=C\C/C=C\CC(=O)OC(COC(=O)CCCCCCC/C=C\CCCCCC)COP(=O)(O)O. The van der Waals surface area contributed by atoms with E-state index in [9.17, 15) is 14.2 Å². The second kappa shape index (κ2) is 32.4. The minimum absolute atomic E-state index is 0.0252. The summed E-state index contributed by atoms with van der Waals surface area (Å²) in [6.45, 7) is 3.43. The normalized spacial score (nSPS) is 13.4. The first-order valence-corrected chi connectivity index (χ1v) is 18.8. The van der Waals surface area contributed by atoms with Gasteiger partial charge in [-0.15, -0.1) is 0 Å². The van der Waals surface area contributed by atoms with E-state index in [0.29, 0.717) is 12.8 Å². The zero-order valence-electron chi connectivity index (χ0n) is 28.4. The van der Waals surface area contributed by atoms with Crippen molar-refractivity contribution in [2.24, 2.45) is 0 Å². The number of ether oxygens (including phenoxy) is 2. The summed E-state index contributed by atoms with van der Waals surface area (Å²) >= 11 is 0. The molecule has 0 heterocycles. The monoisotopic (exact) mass is 664 g/mol. The van der Waals surface area contributed by atoms with Gasteiger partial charge in [0.2, 0.25) is 0 Å². The molecule has 0 spiro atoms. The second-order valence-corrected chi connectivity index (χ2v) is 12.4. The highest BCUT2D eigenvalue weighted by molar-refractivity contribution is 7.46. The molecule has 262 valence electrons. The molecular formula is C37H61O8P. The maximum Gasteiger partial charge on any atom is 0.469 e. The van der Waals surface area contributed by atoms with Crippen molar-refractivity contribution in [3.63, 3.8) is 0 Å². The number of allylic oxidation sites excluding steroid dienone is 11.